The molecule has 0 bridgehead atoms. The van der Waals surface area contributed by atoms with Crippen molar-refractivity contribution < 1.29 is 19.5 Å². The quantitative estimate of drug-likeness (QED) is 0.525. The van der Waals surface area contributed by atoms with Gasteiger partial charge in [-0.2, -0.15) is 0 Å². The molecule has 0 aromatic rings. The number of carboxylic acids is 1. The Morgan fingerprint density at radius 3 is 2.31 bits per heavy atom. The van der Waals surface area contributed by atoms with E-state index in [1.165, 1.54) is 13.8 Å². The van der Waals surface area contributed by atoms with Gasteiger partial charge in [0.15, 0.2) is 0 Å². The summed E-state index contributed by atoms with van der Waals surface area (Å²) in [4.78, 5) is 32.1. The molecule has 0 aliphatic rings. The fourth-order valence-electron chi connectivity index (χ4n) is 0.763. The van der Waals surface area contributed by atoms with E-state index in [-0.39, 0.29) is 17.6 Å². The first kappa shape index (κ1) is 14.8. The Balaban J connectivity index is 3.52. The second-order valence-corrected chi connectivity index (χ2v) is 4.45. The number of thioether (sulfide) groups is 1. The molecule has 1 atom stereocenters. The molecule has 0 aliphatic heterocycles. The molecule has 0 saturated heterocycles. The van der Waals surface area contributed by atoms with Crippen LogP contribution in [0.4, 0.5) is 0 Å². The highest BCUT2D eigenvalue weighted by atomic mass is 32.2. The highest BCUT2D eigenvalue weighted by Gasteiger charge is 2.12. The molecule has 6 nitrogen and oxygen atoms in total. The van der Waals surface area contributed by atoms with Crippen LogP contribution in [0.2, 0.25) is 0 Å². The molecule has 0 aromatic carbocycles. The van der Waals surface area contributed by atoms with Gasteiger partial charge in [0.2, 0.25) is 11.8 Å². The molecule has 0 aliphatic carbocycles. The Labute approximate surface area is 98.2 Å². The summed E-state index contributed by atoms with van der Waals surface area (Å²) in [7, 11) is 0. The summed E-state index contributed by atoms with van der Waals surface area (Å²) in [6.07, 6.45) is 0. The predicted molar refractivity (Wildman–Crippen MR) is 61.2 cm³/mol. The summed E-state index contributed by atoms with van der Waals surface area (Å²) >= 11 is 1.06. The lowest BCUT2D eigenvalue weighted by Crippen LogP contribution is -2.34. The summed E-state index contributed by atoms with van der Waals surface area (Å²) in [5, 5.41) is 13.1. The first-order valence-corrected chi connectivity index (χ1v) is 5.84. The number of hydrogen-bond donors (Lipinski definition) is 3. The number of rotatable bonds is 7. The molecule has 7 heteroatoms. The van der Waals surface area contributed by atoms with Crippen molar-refractivity contribution in [2.75, 3.05) is 18.8 Å². The topological polar surface area (TPSA) is 95.5 Å². The third kappa shape index (κ3) is 8.10. The van der Waals surface area contributed by atoms with Gasteiger partial charge in [-0.25, -0.2) is 0 Å². The van der Waals surface area contributed by atoms with Crippen LogP contribution in [0.25, 0.3) is 0 Å². The Morgan fingerprint density at radius 1 is 1.25 bits per heavy atom. The summed E-state index contributed by atoms with van der Waals surface area (Å²) in [6.45, 7) is 3.64. The molecule has 0 radical (unpaired) electrons. The Morgan fingerprint density at radius 2 is 1.81 bits per heavy atom. The second-order valence-electron chi connectivity index (χ2n) is 3.12. The molecule has 2 amide bonds. The van der Waals surface area contributed by atoms with Crippen LogP contribution in [-0.2, 0) is 14.4 Å². The van der Waals surface area contributed by atoms with Crippen LogP contribution in [0.5, 0.6) is 0 Å². The molecule has 1 unspecified atom stereocenters. The highest BCUT2D eigenvalue weighted by molar-refractivity contribution is 8.01. The average molecular weight is 248 g/mol. The van der Waals surface area contributed by atoms with Crippen LogP contribution in [0.1, 0.15) is 13.8 Å². The van der Waals surface area contributed by atoms with Crippen molar-refractivity contribution >= 4 is 29.5 Å². The molecule has 0 aromatic heterocycles. The fourth-order valence-corrected chi connectivity index (χ4v) is 1.41. The first-order chi connectivity index (χ1) is 7.43. The fraction of sp³-hybridized carbons (Fsp3) is 0.667. The molecule has 0 saturated carbocycles. The van der Waals surface area contributed by atoms with E-state index in [1.54, 1.807) is 0 Å². The second kappa shape index (κ2) is 7.98. The van der Waals surface area contributed by atoms with Gasteiger partial charge in [0, 0.05) is 20.0 Å². The monoisotopic (exact) mass is 248 g/mol. The zero-order valence-corrected chi connectivity index (χ0v) is 10.1. The van der Waals surface area contributed by atoms with E-state index in [0.717, 1.165) is 11.8 Å². The van der Waals surface area contributed by atoms with Crippen LogP contribution >= 0.6 is 11.8 Å². The van der Waals surface area contributed by atoms with Crippen LogP contribution in [0.15, 0.2) is 0 Å². The van der Waals surface area contributed by atoms with E-state index >= 15 is 0 Å². The summed E-state index contributed by atoms with van der Waals surface area (Å²) in [5.41, 5.74) is 0. The van der Waals surface area contributed by atoms with Crippen molar-refractivity contribution in [3.63, 3.8) is 0 Å². The predicted octanol–water partition coefficient (Wildman–Crippen LogP) is -0.555. The van der Waals surface area contributed by atoms with E-state index < -0.39 is 11.2 Å². The van der Waals surface area contributed by atoms with Crippen molar-refractivity contribution in [2.24, 2.45) is 0 Å². The van der Waals surface area contributed by atoms with Crippen molar-refractivity contribution in [3.05, 3.63) is 0 Å². The Kier molecular flexibility index (Phi) is 7.36. The lowest BCUT2D eigenvalue weighted by Gasteiger charge is -2.07. The maximum absolute atomic E-state index is 11.2. The molecular formula is C9H16N2O4S. The average Bonchev–Trinajstić information content (AvgIpc) is 2.20. The van der Waals surface area contributed by atoms with Gasteiger partial charge in [0.25, 0.3) is 0 Å². The molecule has 0 spiro atoms. The standard InChI is InChI=1S/C9H16N2O4S/c1-6(9(14)15)16-5-8(13)11-4-3-10-7(2)12/h6H,3-5H2,1-2H3,(H,10,12)(H,11,13)(H,14,15). The van der Waals surface area contributed by atoms with Gasteiger partial charge in [-0.3, -0.25) is 14.4 Å². The van der Waals surface area contributed by atoms with E-state index in [4.69, 9.17) is 5.11 Å². The smallest absolute Gasteiger partial charge is 0.316 e. The molecule has 16 heavy (non-hydrogen) atoms. The Hall–Kier alpha value is -1.24. The maximum atomic E-state index is 11.2. The molecule has 92 valence electrons. The lowest BCUT2D eigenvalue weighted by molar-refractivity contribution is -0.136. The van der Waals surface area contributed by atoms with Gasteiger partial charge < -0.3 is 15.7 Å². The third-order valence-electron chi connectivity index (χ3n) is 1.63. The Bertz CT molecular complexity index is 270. The molecule has 0 rings (SSSR count). The van der Waals surface area contributed by atoms with Crippen molar-refractivity contribution in [1.29, 1.82) is 0 Å². The van der Waals surface area contributed by atoms with E-state index in [0.29, 0.717) is 13.1 Å². The number of hydrogen-bond acceptors (Lipinski definition) is 4. The maximum Gasteiger partial charge on any atom is 0.316 e. The molecular weight excluding hydrogens is 232 g/mol. The molecule has 3 N–H and O–H groups in total. The van der Waals surface area contributed by atoms with Crippen LogP contribution in [-0.4, -0.2) is 47.0 Å². The minimum atomic E-state index is -0.934. The van der Waals surface area contributed by atoms with E-state index in [9.17, 15) is 14.4 Å². The van der Waals surface area contributed by atoms with Gasteiger partial charge in [0.05, 0.1) is 11.0 Å². The minimum Gasteiger partial charge on any atom is -0.480 e. The van der Waals surface area contributed by atoms with Crippen molar-refractivity contribution in [1.82, 2.24) is 10.6 Å². The van der Waals surface area contributed by atoms with Gasteiger partial charge in [-0.1, -0.05) is 0 Å². The molecule has 0 heterocycles. The number of carboxylic acid groups (broad SMARTS) is 1. The summed E-state index contributed by atoms with van der Waals surface area (Å²) in [6, 6.07) is 0. The van der Waals surface area contributed by atoms with Crippen LogP contribution < -0.4 is 10.6 Å². The summed E-state index contributed by atoms with van der Waals surface area (Å²) < 4.78 is 0. The third-order valence-corrected chi connectivity index (χ3v) is 2.76. The zero-order valence-electron chi connectivity index (χ0n) is 9.28. The van der Waals surface area contributed by atoms with Crippen LogP contribution in [0.3, 0.4) is 0 Å². The SMILES string of the molecule is CC(=O)NCCNC(=O)CSC(C)C(=O)O. The number of carbonyl (C=O) groups is 3. The summed E-state index contributed by atoms with van der Waals surface area (Å²) in [5.74, 6) is -1.21. The van der Waals surface area contributed by atoms with E-state index in [2.05, 4.69) is 10.6 Å². The number of aliphatic carboxylic acids is 1. The first-order valence-electron chi connectivity index (χ1n) is 4.79. The van der Waals surface area contributed by atoms with Gasteiger partial charge >= 0.3 is 5.97 Å². The highest BCUT2D eigenvalue weighted by Crippen LogP contribution is 2.09. The lowest BCUT2D eigenvalue weighted by atomic mass is 10.5. The molecule has 0 fully saturated rings. The normalized spacial score (nSPS) is 11.6. The van der Waals surface area contributed by atoms with E-state index in [1.807, 2.05) is 0 Å². The van der Waals surface area contributed by atoms with Gasteiger partial charge in [0.1, 0.15) is 0 Å². The minimum absolute atomic E-state index is 0.105. The number of amides is 2. The zero-order chi connectivity index (χ0) is 12.6. The number of carbonyl (C=O) groups excluding carboxylic acids is 2. The largest absolute Gasteiger partial charge is 0.480 e. The van der Waals surface area contributed by atoms with Crippen molar-refractivity contribution in [2.45, 2.75) is 19.1 Å². The number of nitrogens with one attached hydrogen (secondary N) is 2. The van der Waals surface area contributed by atoms with Gasteiger partial charge in [-0.15, -0.1) is 11.8 Å². The van der Waals surface area contributed by atoms with Crippen LogP contribution in [0, 0.1) is 0 Å². The van der Waals surface area contributed by atoms with Gasteiger partial charge in [-0.05, 0) is 6.92 Å². The van der Waals surface area contributed by atoms with Crippen molar-refractivity contribution in [3.8, 4) is 0 Å².